The van der Waals surface area contributed by atoms with Gasteiger partial charge < -0.3 is 9.64 Å². The minimum atomic E-state index is -0.286. The van der Waals surface area contributed by atoms with Crippen LogP contribution in [0.4, 0.5) is 0 Å². The van der Waals surface area contributed by atoms with Gasteiger partial charge in [-0.2, -0.15) is 0 Å². The number of ether oxygens (including phenoxy) is 1. The summed E-state index contributed by atoms with van der Waals surface area (Å²) in [4.78, 5) is 43.7. The lowest BCUT2D eigenvalue weighted by molar-refractivity contribution is 0.0712. The number of thiophene rings is 1. The van der Waals surface area contributed by atoms with E-state index in [0.717, 1.165) is 15.6 Å². The molecule has 2 aromatic heterocycles. The molecular weight excluding hydrogens is 570 g/mol. The normalized spacial score (nSPS) is 13.0. The van der Waals surface area contributed by atoms with Crippen molar-refractivity contribution in [2.45, 2.75) is 45.9 Å². The standard InChI is InChI=1S/C33H30ClN3O4S/c1-21(2)41-24-14-12-23(13-15-24)37-31(28(38)16-11-22-7-4-3-5-8-22)27-20-35(17-18-36(27)33(37)40)32(39)30-19-25-26(34)9-6-10-29(25)42-30/h3-10,12-15,19,21H,11,16-18,20H2,1-2H3. The Morgan fingerprint density at radius 2 is 1.74 bits per heavy atom. The van der Waals surface area contributed by atoms with E-state index < -0.39 is 0 Å². The van der Waals surface area contributed by atoms with Gasteiger partial charge in [0, 0.05) is 34.6 Å². The van der Waals surface area contributed by atoms with E-state index in [1.165, 1.54) is 15.9 Å². The lowest BCUT2D eigenvalue weighted by Gasteiger charge is -2.28. The number of halogens is 1. The molecule has 3 aromatic carbocycles. The van der Waals surface area contributed by atoms with Crippen LogP contribution in [0.5, 0.6) is 5.75 Å². The monoisotopic (exact) mass is 599 g/mol. The van der Waals surface area contributed by atoms with E-state index >= 15 is 0 Å². The number of carbonyl (C=O) groups is 2. The quantitative estimate of drug-likeness (QED) is 0.185. The van der Waals surface area contributed by atoms with Crippen LogP contribution in [-0.2, 0) is 19.5 Å². The van der Waals surface area contributed by atoms with E-state index in [-0.39, 0.29) is 36.4 Å². The first-order chi connectivity index (χ1) is 20.3. The molecule has 5 aromatic rings. The lowest BCUT2D eigenvalue weighted by atomic mass is 10.0. The molecule has 3 heterocycles. The maximum absolute atomic E-state index is 13.9. The largest absolute Gasteiger partial charge is 0.491 e. The number of nitrogens with zero attached hydrogens (tertiary/aromatic N) is 3. The van der Waals surface area contributed by atoms with Crippen LogP contribution >= 0.6 is 22.9 Å². The molecule has 42 heavy (non-hydrogen) atoms. The Labute approximate surface area is 252 Å². The summed E-state index contributed by atoms with van der Waals surface area (Å²) in [7, 11) is 0. The van der Waals surface area contributed by atoms with Gasteiger partial charge in [-0.1, -0.05) is 48.0 Å². The van der Waals surface area contributed by atoms with Gasteiger partial charge in [0.25, 0.3) is 5.91 Å². The fourth-order valence-electron chi connectivity index (χ4n) is 5.41. The first kappa shape index (κ1) is 28.0. The Hall–Kier alpha value is -4.14. The fraction of sp³-hybridized carbons (Fsp3) is 0.242. The van der Waals surface area contributed by atoms with Crippen molar-refractivity contribution in [3.05, 3.63) is 116 Å². The summed E-state index contributed by atoms with van der Waals surface area (Å²) in [6.45, 7) is 4.71. The molecule has 7 nitrogen and oxygen atoms in total. The van der Waals surface area contributed by atoms with Crippen LogP contribution in [0, 0.1) is 0 Å². The molecule has 0 bridgehead atoms. The molecule has 0 spiro atoms. The van der Waals surface area contributed by atoms with E-state index in [4.69, 9.17) is 16.3 Å². The number of aryl methyl sites for hydroxylation is 1. The van der Waals surface area contributed by atoms with Gasteiger partial charge in [0.2, 0.25) is 0 Å². The van der Waals surface area contributed by atoms with Gasteiger partial charge in [-0.25, -0.2) is 4.79 Å². The van der Waals surface area contributed by atoms with E-state index in [0.29, 0.717) is 52.2 Å². The molecule has 1 aliphatic rings. The zero-order valence-corrected chi connectivity index (χ0v) is 25.0. The average Bonchev–Trinajstić information content (AvgIpc) is 3.56. The number of aromatic nitrogens is 2. The minimum Gasteiger partial charge on any atom is -0.491 e. The highest BCUT2D eigenvalue weighted by molar-refractivity contribution is 7.20. The molecular formula is C33H30ClN3O4S. The van der Waals surface area contributed by atoms with Crippen molar-refractivity contribution < 1.29 is 14.3 Å². The van der Waals surface area contributed by atoms with Gasteiger partial charge in [0.15, 0.2) is 5.78 Å². The molecule has 0 saturated carbocycles. The highest BCUT2D eigenvalue weighted by atomic mass is 35.5. The summed E-state index contributed by atoms with van der Waals surface area (Å²) < 4.78 is 9.85. The third kappa shape index (κ3) is 5.40. The van der Waals surface area contributed by atoms with Crippen LogP contribution in [0.1, 0.15) is 51.7 Å². The summed E-state index contributed by atoms with van der Waals surface area (Å²) in [5.41, 5.74) is 2.22. The zero-order chi connectivity index (χ0) is 29.4. The summed E-state index contributed by atoms with van der Waals surface area (Å²) in [6, 6.07) is 24.4. The molecule has 214 valence electrons. The van der Waals surface area contributed by atoms with Gasteiger partial charge in [-0.3, -0.25) is 18.7 Å². The van der Waals surface area contributed by atoms with Gasteiger partial charge in [-0.05, 0) is 68.3 Å². The highest BCUT2D eigenvalue weighted by Crippen LogP contribution is 2.33. The number of hydrogen-bond donors (Lipinski definition) is 0. The molecule has 1 amide bonds. The van der Waals surface area contributed by atoms with Gasteiger partial charge in [0.1, 0.15) is 11.4 Å². The number of benzene rings is 3. The molecule has 1 aliphatic heterocycles. The summed E-state index contributed by atoms with van der Waals surface area (Å²) in [5, 5.41) is 1.44. The number of fused-ring (bicyclic) bond motifs is 2. The van der Waals surface area contributed by atoms with Crippen LogP contribution in [0.2, 0.25) is 5.02 Å². The summed E-state index contributed by atoms with van der Waals surface area (Å²) >= 11 is 7.76. The average molecular weight is 600 g/mol. The minimum absolute atomic E-state index is 0.0102. The molecule has 0 N–H and O–H groups in total. The van der Waals surface area contributed by atoms with Crippen LogP contribution in [-0.4, -0.2) is 38.4 Å². The summed E-state index contributed by atoms with van der Waals surface area (Å²) in [6.07, 6.45) is 0.791. The molecule has 0 unspecified atom stereocenters. The Morgan fingerprint density at radius 3 is 2.45 bits per heavy atom. The maximum atomic E-state index is 13.9. The van der Waals surface area contributed by atoms with Crippen molar-refractivity contribution in [1.29, 1.82) is 0 Å². The van der Waals surface area contributed by atoms with Gasteiger partial charge in [0.05, 0.1) is 28.9 Å². The maximum Gasteiger partial charge on any atom is 0.333 e. The first-order valence-electron chi connectivity index (χ1n) is 14.0. The number of ketones is 1. The number of imidazole rings is 1. The Bertz CT molecular complexity index is 1840. The SMILES string of the molecule is CC(C)Oc1ccc(-n2c(C(=O)CCc3ccccc3)c3n(c2=O)CCN(C(=O)c2cc4c(Cl)cccc4s2)C3)cc1. The molecule has 9 heteroatoms. The molecule has 0 radical (unpaired) electrons. The first-order valence-corrected chi connectivity index (χ1v) is 15.2. The van der Waals surface area contributed by atoms with E-state index in [9.17, 15) is 14.4 Å². The molecule has 0 aliphatic carbocycles. The van der Waals surface area contributed by atoms with E-state index in [1.807, 2.05) is 68.4 Å². The molecule has 0 saturated heterocycles. The third-order valence-corrected chi connectivity index (χ3v) is 8.82. The van der Waals surface area contributed by atoms with Crippen LogP contribution in [0.15, 0.2) is 83.7 Å². The molecule has 0 fully saturated rings. The van der Waals surface area contributed by atoms with Crippen molar-refractivity contribution in [3.63, 3.8) is 0 Å². The van der Waals surface area contributed by atoms with Crippen molar-refractivity contribution >= 4 is 44.7 Å². The van der Waals surface area contributed by atoms with E-state index in [1.54, 1.807) is 33.7 Å². The second-order valence-corrected chi connectivity index (χ2v) is 12.1. The van der Waals surface area contributed by atoms with Crippen molar-refractivity contribution in [2.24, 2.45) is 0 Å². The summed E-state index contributed by atoms with van der Waals surface area (Å²) in [5.74, 6) is 0.398. The Morgan fingerprint density at radius 1 is 0.976 bits per heavy atom. The van der Waals surface area contributed by atoms with Crippen molar-refractivity contribution in [3.8, 4) is 11.4 Å². The second kappa shape index (κ2) is 11.6. The van der Waals surface area contributed by atoms with Crippen molar-refractivity contribution in [1.82, 2.24) is 14.0 Å². The highest BCUT2D eigenvalue weighted by Gasteiger charge is 2.32. The lowest BCUT2D eigenvalue weighted by Crippen LogP contribution is -2.40. The predicted octanol–water partition coefficient (Wildman–Crippen LogP) is 6.77. The predicted molar refractivity (Wildman–Crippen MR) is 166 cm³/mol. The van der Waals surface area contributed by atoms with Crippen molar-refractivity contribution in [2.75, 3.05) is 6.54 Å². The number of hydrogen-bond acceptors (Lipinski definition) is 5. The second-order valence-electron chi connectivity index (χ2n) is 10.6. The van der Waals surface area contributed by atoms with Gasteiger partial charge >= 0.3 is 5.69 Å². The molecule has 0 atom stereocenters. The zero-order valence-electron chi connectivity index (χ0n) is 23.4. The number of carbonyl (C=O) groups excluding carboxylic acids is 2. The Balaban J connectivity index is 1.37. The fourth-order valence-corrected chi connectivity index (χ4v) is 6.75. The van der Waals surface area contributed by atoms with Crippen LogP contribution < -0.4 is 10.4 Å². The van der Waals surface area contributed by atoms with Crippen LogP contribution in [0.25, 0.3) is 15.8 Å². The molecule has 6 rings (SSSR count). The topological polar surface area (TPSA) is 73.5 Å². The number of Topliss-reactive ketones (excluding diaryl/α,β-unsaturated/α-hetero) is 1. The van der Waals surface area contributed by atoms with E-state index in [2.05, 4.69) is 0 Å². The Kier molecular flexibility index (Phi) is 7.75. The van der Waals surface area contributed by atoms with Crippen LogP contribution in [0.3, 0.4) is 0 Å². The van der Waals surface area contributed by atoms with Gasteiger partial charge in [-0.15, -0.1) is 11.3 Å². The number of rotatable bonds is 8. The third-order valence-electron chi connectivity index (χ3n) is 7.40. The number of amides is 1. The smallest absolute Gasteiger partial charge is 0.333 e.